The number of H-pyrrole nitrogens is 2. The van der Waals surface area contributed by atoms with Gasteiger partial charge in [-0.25, -0.2) is 0 Å². The van der Waals surface area contributed by atoms with Gasteiger partial charge in [-0.05, 0) is 73.2 Å². The number of aromatic nitrogens is 2. The summed E-state index contributed by atoms with van der Waals surface area (Å²) in [5.41, 5.74) is 5.59. The van der Waals surface area contributed by atoms with Crippen molar-refractivity contribution < 1.29 is 0 Å². The number of nitrogens with one attached hydrogen (secondary N) is 2. The van der Waals surface area contributed by atoms with E-state index in [0.717, 1.165) is 47.5 Å². The third kappa shape index (κ3) is 9.83. The smallest absolute Gasteiger partial charge is 0.197 e. The van der Waals surface area contributed by atoms with Crippen LogP contribution in [0.1, 0.15) is 153 Å². The van der Waals surface area contributed by atoms with Gasteiger partial charge >= 0.3 is 0 Å². The summed E-state index contributed by atoms with van der Waals surface area (Å²) in [4.78, 5) is 34.4. The van der Waals surface area contributed by atoms with Crippen LogP contribution in [0.5, 0.6) is 0 Å². The van der Waals surface area contributed by atoms with Crippen molar-refractivity contribution in [2.45, 2.75) is 155 Å². The molecule has 2 heterocycles. The topological polar surface area (TPSA) is 65.7 Å². The van der Waals surface area contributed by atoms with Crippen LogP contribution in [0.4, 0.5) is 0 Å². The van der Waals surface area contributed by atoms with Gasteiger partial charge in [0.15, 0.2) is 10.9 Å². The number of aromatic amines is 2. The maximum atomic E-state index is 13.7. The predicted octanol–water partition coefficient (Wildman–Crippen LogP) is 12.6. The van der Waals surface area contributed by atoms with E-state index in [1.807, 2.05) is 24.3 Å². The van der Waals surface area contributed by atoms with Crippen LogP contribution in [0.2, 0.25) is 0 Å². The van der Waals surface area contributed by atoms with E-state index < -0.39 is 0 Å². The van der Waals surface area contributed by atoms with Gasteiger partial charge < -0.3 is 9.97 Å². The quantitative estimate of drug-likeness (QED) is 0.0579. The molecule has 0 radical (unpaired) electrons. The molecule has 4 heteroatoms. The highest BCUT2D eigenvalue weighted by atomic mass is 16.1. The fourth-order valence-electron chi connectivity index (χ4n) is 7.48. The first-order chi connectivity index (χ1) is 23.6. The van der Waals surface area contributed by atoms with Gasteiger partial charge in [-0.1, -0.05) is 142 Å². The second kappa shape index (κ2) is 19.0. The Labute approximate surface area is 288 Å². The lowest BCUT2D eigenvalue weighted by atomic mass is 10.00. The van der Waals surface area contributed by atoms with E-state index in [-0.39, 0.29) is 10.9 Å². The molecule has 3 aromatic carbocycles. The molecule has 0 fully saturated rings. The molecular weight excluding hydrogens is 588 g/mol. The average Bonchev–Trinajstić information content (AvgIpc) is 3.10. The Bertz CT molecular complexity index is 1730. The zero-order chi connectivity index (χ0) is 33.6. The van der Waals surface area contributed by atoms with Gasteiger partial charge in [0.25, 0.3) is 0 Å². The molecule has 0 atom stereocenters. The summed E-state index contributed by atoms with van der Waals surface area (Å²) in [6.07, 6.45) is 28.5. The zero-order valence-corrected chi connectivity index (χ0v) is 30.0. The highest BCUT2D eigenvalue weighted by Crippen LogP contribution is 2.24. The van der Waals surface area contributed by atoms with Gasteiger partial charge in [-0.2, -0.15) is 0 Å². The standard InChI is InChI=1S/C44H60N2O2/c1-3-5-7-9-11-13-15-17-19-21-23-33-25-27-39-35(29-33)43(47)37-31-42-38(32-41(37)45-39)44(48)36-30-34(26-28-40(36)46-42)24-22-20-18-16-14-12-10-8-6-4-2/h25-32H,3-24H2,1-2H3,(H,45,47)(H,46,48). The molecule has 4 nitrogen and oxygen atoms in total. The molecule has 0 saturated carbocycles. The van der Waals surface area contributed by atoms with Crippen LogP contribution >= 0.6 is 0 Å². The minimum absolute atomic E-state index is 0.0263. The van der Waals surface area contributed by atoms with Crippen molar-refractivity contribution in [3.63, 3.8) is 0 Å². The van der Waals surface area contributed by atoms with E-state index >= 15 is 0 Å². The lowest BCUT2D eigenvalue weighted by Gasteiger charge is -2.09. The Morgan fingerprint density at radius 3 is 1.04 bits per heavy atom. The van der Waals surface area contributed by atoms with Gasteiger partial charge in [0.1, 0.15) is 0 Å². The Morgan fingerprint density at radius 2 is 0.688 bits per heavy atom. The summed E-state index contributed by atoms with van der Waals surface area (Å²) >= 11 is 0. The van der Waals surface area contributed by atoms with Crippen LogP contribution in [0.25, 0.3) is 43.6 Å². The van der Waals surface area contributed by atoms with Crippen molar-refractivity contribution in [1.29, 1.82) is 0 Å². The van der Waals surface area contributed by atoms with Crippen LogP contribution < -0.4 is 10.9 Å². The van der Waals surface area contributed by atoms with Crippen molar-refractivity contribution >= 4 is 43.6 Å². The lowest BCUT2D eigenvalue weighted by Crippen LogP contribution is -2.08. The van der Waals surface area contributed by atoms with E-state index in [1.165, 1.54) is 127 Å². The molecule has 0 aliphatic carbocycles. The van der Waals surface area contributed by atoms with E-state index in [2.05, 4.69) is 48.1 Å². The molecule has 2 N–H and O–H groups in total. The molecule has 48 heavy (non-hydrogen) atoms. The first-order valence-electron chi connectivity index (χ1n) is 19.7. The van der Waals surface area contributed by atoms with Crippen molar-refractivity contribution in [2.24, 2.45) is 0 Å². The van der Waals surface area contributed by atoms with E-state index in [9.17, 15) is 9.59 Å². The number of hydrogen-bond donors (Lipinski definition) is 2. The van der Waals surface area contributed by atoms with Crippen LogP contribution in [-0.4, -0.2) is 9.97 Å². The number of fused-ring (bicyclic) bond motifs is 4. The van der Waals surface area contributed by atoms with E-state index in [0.29, 0.717) is 21.8 Å². The van der Waals surface area contributed by atoms with Crippen LogP contribution in [0.3, 0.4) is 0 Å². The lowest BCUT2D eigenvalue weighted by molar-refractivity contribution is 0.556. The van der Waals surface area contributed by atoms with E-state index in [1.54, 1.807) is 0 Å². The Morgan fingerprint density at radius 1 is 0.375 bits per heavy atom. The molecule has 0 aliphatic heterocycles. The summed E-state index contributed by atoms with van der Waals surface area (Å²) in [6.45, 7) is 4.54. The Balaban J connectivity index is 1.21. The Kier molecular flexibility index (Phi) is 14.2. The number of benzene rings is 3. The van der Waals surface area contributed by atoms with E-state index in [4.69, 9.17) is 0 Å². The third-order valence-electron chi connectivity index (χ3n) is 10.5. The monoisotopic (exact) mass is 648 g/mol. The minimum atomic E-state index is 0.0263. The molecule has 0 saturated heterocycles. The summed E-state index contributed by atoms with van der Waals surface area (Å²) < 4.78 is 0. The highest BCUT2D eigenvalue weighted by Gasteiger charge is 2.12. The minimum Gasteiger partial charge on any atom is -0.354 e. The number of aryl methyl sites for hydroxylation is 2. The normalized spacial score (nSPS) is 11.9. The molecule has 0 bridgehead atoms. The summed E-state index contributed by atoms with van der Waals surface area (Å²) in [6, 6.07) is 16.3. The summed E-state index contributed by atoms with van der Waals surface area (Å²) in [5.74, 6) is 0. The van der Waals surface area contributed by atoms with Crippen molar-refractivity contribution in [2.75, 3.05) is 0 Å². The maximum absolute atomic E-state index is 13.7. The average molecular weight is 649 g/mol. The molecule has 0 amide bonds. The van der Waals surface area contributed by atoms with Crippen molar-refractivity contribution in [1.82, 2.24) is 9.97 Å². The summed E-state index contributed by atoms with van der Waals surface area (Å²) in [5, 5.41) is 2.70. The van der Waals surface area contributed by atoms with Crippen LogP contribution in [-0.2, 0) is 12.8 Å². The van der Waals surface area contributed by atoms with Gasteiger partial charge in [0.2, 0.25) is 0 Å². The molecule has 2 aromatic heterocycles. The van der Waals surface area contributed by atoms with Crippen molar-refractivity contribution in [3.05, 3.63) is 80.1 Å². The molecule has 5 rings (SSSR count). The number of unbranched alkanes of at least 4 members (excludes halogenated alkanes) is 18. The summed E-state index contributed by atoms with van der Waals surface area (Å²) in [7, 11) is 0. The first-order valence-corrected chi connectivity index (χ1v) is 19.7. The first kappa shape index (κ1) is 35.9. The molecule has 0 aliphatic rings. The largest absolute Gasteiger partial charge is 0.354 e. The number of hydrogen-bond acceptors (Lipinski definition) is 2. The molecule has 5 aromatic rings. The van der Waals surface area contributed by atoms with Gasteiger partial charge in [0, 0.05) is 32.6 Å². The highest BCUT2D eigenvalue weighted by molar-refractivity contribution is 6.02. The maximum Gasteiger partial charge on any atom is 0.197 e. The Hall–Kier alpha value is -3.40. The van der Waals surface area contributed by atoms with Crippen LogP contribution in [0, 0.1) is 0 Å². The number of rotatable bonds is 22. The fraction of sp³-hybridized carbons (Fsp3) is 0.545. The molecule has 0 unspecified atom stereocenters. The van der Waals surface area contributed by atoms with Crippen LogP contribution in [0.15, 0.2) is 58.1 Å². The van der Waals surface area contributed by atoms with Gasteiger partial charge in [-0.15, -0.1) is 0 Å². The zero-order valence-electron chi connectivity index (χ0n) is 30.0. The fourth-order valence-corrected chi connectivity index (χ4v) is 7.48. The van der Waals surface area contributed by atoms with Crippen molar-refractivity contribution in [3.8, 4) is 0 Å². The molecular formula is C44H60N2O2. The predicted molar refractivity (Wildman–Crippen MR) is 209 cm³/mol. The second-order valence-electron chi connectivity index (χ2n) is 14.5. The van der Waals surface area contributed by atoms with Gasteiger partial charge in [-0.3, -0.25) is 9.59 Å². The molecule has 0 spiro atoms. The third-order valence-corrected chi connectivity index (χ3v) is 10.5. The van der Waals surface area contributed by atoms with Gasteiger partial charge in [0.05, 0.1) is 11.0 Å². The molecule has 258 valence electrons. The second-order valence-corrected chi connectivity index (χ2v) is 14.5. The number of pyridine rings is 2. The SMILES string of the molecule is CCCCCCCCCCCCc1ccc2[nH]c3cc4c(=O)c5cc(CCCCCCCCCCCC)ccc5[nH]c4cc3c(=O)c2c1.